The van der Waals surface area contributed by atoms with Crippen LogP contribution in [-0.4, -0.2) is 63.0 Å². The Morgan fingerprint density at radius 1 is 1.18 bits per heavy atom. The predicted molar refractivity (Wildman–Crippen MR) is 76.8 cm³/mol. The molecule has 1 amide bonds. The first-order valence-corrected chi connectivity index (χ1v) is 6.62. The van der Waals surface area contributed by atoms with Gasteiger partial charge >= 0.3 is 11.9 Å². The summed E-state index contributed by atoms with van der Waals surface area (Å²) in [6.07, 6.45) is 0.470. The van der Waals surface area contributed by atoms with Crippen molar-refractivity contribution in [3.8, 4) is 0 Å². The van der Waals surface area contributed by atoms with Crippen molar-refractivity contribution in [1.82, 2.24) is 5.32 Å². The summed E-state index contributed by atoms with van der Waals surface area (Å²) in [6.45, 7) is 3.54. The third kappa shape index (κ3) is 7.75. The number of hydrogen-bond donors (Lipinski definition) is 2. The van der Waals surface area contributed by atoms with E-state index >= 15 is 0 Å². The molecular weight excluding hydrogens is 294 g/mol. The van der Waals surface area contributed by atoms with Gasteiger partial charge in [-0.3, -0.25) is 4.79 Å². The first-order chi connectivity index (χ1) is 10.2. The summed E-state index contributed by atoms with van der Waals surface area (Å²) in [5, 5.41) is 12.5. The highest BCUT2D eigenvalue weighted by Crippen LogP contribution is 2.21. The zero-order chi connectivity index (χ0) is 17.2. The minimum Gasteiger partial charge on any atom is -0.466 e. The van der Waals surface area contributed by atoms with E-state index in [2.05, 4.69) is 10.1 Å². The van der Waals surface area contributed by atoms with Crippen LogP contribution in [0.2, 0.25) is 0 Å². The molecule has 0 rings (SSSR count). The van der Waals surface area contributed by atoms with Crippen molar-refractivity contribution in [3.05, 3.63) is 12.2 Å². The molecule has 0 unspecified atom stereocenters. The predicted octanol–water partition coefficient (Wildman–Crippen LogP) is -0.591. The van der Waals surface area contributed by atoms with Crippen molar-refractivity contribution < 1.29 is 33.7 Å². The van der Waals surface area contributed by atoms with Crippen molar-refractivity contribution in [3.63, 3.8) is 0 Å². The van der Waals surface area contributed by atoms with E-state index in [1.54, 1.807) is 13.8 Å². The van der Waals surface area contributed by atoms with Crippen LogP contribution >= 0.6 is 0 Å². The Bertz CT molecular complexity index is 417. The van der Waals surface area contributed by atoms with E-state index in [4.69, 9.17) is 9.47 Å². The number of amides is 1. The van der Waals surface area contributed by atoms with Crippen LogP contribution in [0, 0.1) is 5.41 Å². The fraction of sp³-hybridized carbons (Fsp3) is 0.643. The van der Waals surface area contributed by atoms with Gasteiger partial charge in [0.1, 0.15) is 6.10 Å². The van der Waals surface area contributed by atoms with Gasteiger partial charge in [0.2, 0.25) is 5.91 Å². The second kappa shape index (κ2) is 9.91. The fourth-order valence-corrected chi connectivity index (χ4v) is 1.32. The lowest BCUT2D eigenvalue weighted by molar-refractivity contribution is -0.149. The van der Waals surface area contributed by atoms with Crippen LogP contribution in [0.3, 0.4) is 0 Å². The van der Waals surface area contributed by atoms with E-state index in [1.165, 1.54) is 14.2 Å². The van der Waals surface area contributed by atoms with E-state index in [0.29, 0.717) is 6.61 Å². The first-order valence-electron chi connectivity index (χ1n) is 6.62. The number of esters is 2. The summed E-state index contributed by atoms with van der Waals surface area (Å²) >= 11 is 0. The Balaban J connectivity index is 4.37. The van der Waals surface area contributed by atoms with Crippen LogP contribution in [0.4, 0.5) is 0 Å². The smallest absolute Gasteiger partial charge is 0.331 e. The lowest BCUT2D eigenvalue weighted by atomic mass is 9.87. The van der Waals surface area contributed by atoms with E-state index in [1.807, 2.05) is 0 Å². The molecule has 0 bridgehead atoms. The molecule has 126 valence electrons. The maximum Gasteiger partial charge on any atom is 0.331 e. The minimum absolute atomic E-state index is 0.198. The third-order valence-corrected chi connectivity index (χ3v) is 2.74. The second-order valence-electron chi connectivity index (χ2n) is 5.14. The highest BCUT2D eigenvalue weighted by molar-refractivity contribution is 5.91. The van der Waals surface area contributed by atoms with Gasteiger partial charge in [-0.1, -0.05) is 13.8 Å². The van der Waals surface area contributed by atoms with Crippen LogP contribution in [0.15, 0.2) is 12.2 Å². The summed E-state index contributed by atoms with van der Waals surface area (Å²) in [6, 6.07) is 0. The molecule has 22 heavy (non-hydrogen) atoms. The van der Waals surface area contributed by atoms with Gasteiger partial charge in [0, 0.05) is 31.2 Å². The van der Waals surface area contributed by atoms with Gasteiger partial charge < -0.3 is 24.6 Å². The van der Waals surface area contributed by atoms with Gasteiger partial charge in [0.25, 0.3) is 0 Å². The van der Waals surface area contributed by atoms with E-state index in [9.17, 15) is 19.5 Å². The second-order valence-corrected chi connectivity index (χ2v) is 5.14. The molecule has 0 saturated carbocycles. The fourth-order valence-electron chi connectivity index (χ4n) is 1.32. The Morgan fingerprint density at radius 2 is 1.77 bits per heavy atom. The zero-order valence-electron chi connectivity index (χ0n) is 13.3. The Labute approximate surface area is 129 Å². The summed E-state index contributed by atoms with van der Waals surface area (Å²) in [5.74, 6) is -2.04. The van der Waals surface area contributed by atoms with Gasteiger partial charge in [0.15, 0.2) is 0 Å². The number of carbonyl (C=O) groups is 3. The van der Waals surface area contributed by atoms with Crippen LogP contribution in [0.1, 0.15) is 13.8 Å². The van der Waals surface area contributed by atoms with Gasteiger partial charge in [0.05, 0.1) is 20.3 Å². The van der Waals surface area contributed by atoms with Gasteiger partial charge in [-0.05, 0) is 0 Å². The summed E-state index contributed by atoms with van der Waals surface area (Å²) in [4.78, 5) is 33.9. The number of carbonyl (C=O) groups excluding carboxylic acids is 3. The summed E-state index contributed by atoms with van der Waals surface area (Å²) in [7, 11) is 2.67. The monoisotopic (exact) mass is 317 g/mol. The molecule has 0 aromatic carbocycles. The third-order valence-electron chi connectivity index (χ3n) is 2.74. The highest BCUT2D eigenvalue weighted by Gasteiger charge is 2.34. The molecule has 0 fully saturated rings. The van der Waals surface area contributed by atoms with E-state index in [0.717, 1.165) is 12.2 Å². The van der Waals surface area contributed by atoms with Crippen LogP contribution in [0.25, 0.3) is 0 Å². The minimum atomic E-state index is -1.36. The first kappa shape index (κ1) is 20.1. The molecule has 8 heteroatoms. The standard InChI is InChI=1S/C14H23NO7/c1-14(2,12(18)13(19)15-7-8-20-3)9-22-11(17)6-5-10(16)21-4/h5-6,12,18H,7-9H2,1-4H3,(H,15,19)/b6-5+/t12-/m0/s1. The number of rotatable bonds is 9. The lowest BCUT2D eigenvalue weighted by Crippen LogP contribution is -2.46. The van der Waals surface area contributed by atoms with Crippen molar-refractivity contribution in [2.45, 2.75) is 20.0 Å². The van der Waals surface area contributed by atoms with Crippen molar-refractivity contribution >= 4 is 17.8 Å². The molecule has 2 N–H and O–H groups in total. The topological polar surface area (TPSA) is 111 Å². The lowest BCUT2D eigenvalue weighted by Gasteiger charge is -2.28. The number of methoxy groups -OCH3 is 2. The van der Waals surface area contributed by atoms with Crippen LogP contribution in [0.5, 0.6) is 0 Å². The summed E-state index contributed by atoms with van der Waals surface area (Å²) < 4.78 is 14.0. The molecule has 0 aliphatic heterocycles. The normalized spacial score (nSPS) is 12.8. The van der Waals surface area contributed by atoms with Crippen molar-refractivity contribution in [2.75, 3.05) is 34.0 Å². The average molecular weight is 317 g/mol. The molecule has 1 atom stereocenters. The molecule has 0 aliphatic rings. The number of hydrogen-bond acceptors (Lipinski definition) is 7. The van der Waals surface area contributed by atoms with Crippen molar-refractivity contribution in [2.24, 2.45) is 5.41 Å². The maximum atomic E-state index is 11.7. The highest BCUT2D eigenvalue weighted by atomic mass is 16.5. The van der Waals surface area contributed by atoms with Gasteiger partial charge in [-0.25, -0.2) is 9.59 Å². The largest absolute Gasteiger partial charge is 0.466 e. The van der Waals surface area contributed by atoms with E-state index < -0.39 is 29.4 Å². The van der Waals surface area contributed by atoms with Crippen LogP contribution < -0.4 is 5.32 Å². The molecule has 0 saturated heterocycles. The molecular formula is C14H23NO7. The molecule has 0 aromatic rings. The molecule has 0 spiro atoms. The van der Waals surface area contributed by atoms with E-state index in [-0.39, 0.29) is 13.2 Å². The molecule has 0 aromatic heterocycles. The zero-order valence-corrected chi connectivity index (χ0v) is 13.3. The maximum absolute atomic E-state index is 11.7. The Morgan fingerprint density at radius 3 is 2.32 bits per heavy atom. The van der Waals surface area contributed by atoms with Crippen molar-refractivity contribution in [1.29, 1.82) is 0 Å². The quantitative estimate of drug-likeness (QED) is 0.332. The SMILES string of the molecule is COCCNC(=O)[C@H](O)C(C)(C)COC(=O)/C=C/C(=O)OC. The molecule has 0 radical (unpaired) electrons. The average Bonchev–Trinajstić information content (AvgIpc) is 2.49. The number of aliphatic hydroxyl groups is 1. The molecule has 0 heterocycles. The Kier molecular flexibility index (Phi) is 9.04. The number of nitrogens with one attached hydrogen (secondary N) is 1. The summed E-state index contributed by atoms with van der Waals surface area (Å²) in [5.41, 5.74) is -0.994. The molecule has 8 nitrogen and oxygen atoms in total. The molecule has 0 aliphatic carbocycles. The number of aliphatic hydroxyl groups excluding tert-OH is 1. The number of ether oxygens (including phenoxy) is 3. The van der Waals surface area contributed by atoms with Gasteiger partial charge in [-0.2, -0.15) is 0 Å². The van der Waals surface area contributed by atoms with Crippen LogP contribution in [-0.2, 0) is 28.6 Å². The van der Waals surface area contributed by atoms with Gasteiger partial charge in [-0.15, -0.1) is 0 Å². The Hall–Kier alpha value is -1.93.